The van der Waals surface area contributed by atoms with Gasteiger partial charge in [-0.1, -0.05) is 35.3 Å². The first-order chi connectivity index (χ1) is 10.7. The molecule has 0 saturated carbocycles. The number of nitrogens with zero attached hydrogens (tertiary/aromatic N) is 1. The summed E-state index contributed by atoms with van der Waals surface area (Å²) in [6.07, 6.45) is 3.78. The van der Waals surface area contributed by atoms with E-state index in [0.29, 0.717) is 18.6 Å². The smallest absolute Gasteiger partial charge is 0.409 e. The molecule has 120 valence electrons. The van der Waals surface area contributed by atoms with Gasteiger partial charge in [0.05, 0.1) is 6.61 Å². The van der Waals surface area contributed by atoms with Crippen LogP contribution in [-0.2, 0) is 4.74 Å². The molecule has 1 amide bonds. The molecule has 2 atom stereocenters. The number of hydrogen-bond donors (Lipinski definition) is 1. The van der Waals surface area contributed by atoms with Crippen LogP contribution in [0, 0.1) is 0 Å². The van der Waals surface area contributed by atoms with Gasteiger partial charge in [-0.25, -0.2) is 4.79 Å². The zero-order chi connectivity index (χ0) is 15.5. The van der Waals surface area contributed by atoms with E-state index in [1.54, 1.807) is 0 Å². The molecule has 1 saturated heterocycles. The van der Waals surface area contributed by atoms with Gasteiger partial charge >= 0.3 is 6.09 Å². The van der Waals surface area contributed by atoms with E-state index in [4.69, 9.17) is 4.74 Å². The van der Waals surface area contributed by atoms with Crippen LogP contribution >= 0.6 is 15.9 Å². The van der Waals surface area contributed by atoms with Gasteiger partial charge in [0.15, 0.2) is 0 Å². The van der Waals surface area contributed by atoms with Crippen molar-refractivity contribution in [3.63, 3.8) is 0 Å². The molecule has 0 bridgehead atoms. The summed E-state index contributed by atoms with van der Waals surface area (Å²) in [5.74, 6) is 0.471. The lowest BCUT2D eigenvalue weighted by molar-refractivity contribution is 0.102. The maximum Gasteiger partial charge on any atom is 0.409 e. The number of carbonyl (C=O) groups excluding carboxylic acids is 1. The average molecular weight is 367 g/mol. The highest BCUT2D eigenvalue weighted by Crippen LogP contribution is 2.44. The molecule has 2 heterocycles. The predicted octanol–water partition coefficient (Wildman–Crippen LogP) is 4.36. The lowest BCUT2D eigenvalue weighted by atomic mass is 9.91. The summed E-state index contributed by atoms with van der Waals surface area (Å²) in [7, 11) is 0. The van der Waals surface area contributed by atoms with Crippen molar-refractivity contribution in [1.29, 1.82) is 0 Å². The van der Waals surface area contributed by atoms with Crippen molar-refractivity contribution in [1.82, 2.24) is 4.90 Å². The summed E-state index contributed by atoms with van der Waals surface area (Å²) in [5, 5.41) is 3.62. The Morgan fingerprint density at radius 1 is 1.41 bits per heavy atom. The van der Waals surface area contributed by atoms with E-state index < -0.39 is 0 Å². The average Bonchev–Trinajstić information content (AvgIpc) is 2.74. The second-order valence-corrected chi connectivity index (χ2v) is 6.95. The zero-order valence-corrected chi connectivity index (χ0v) is 14.6. The Labute approximate surface area is 140 Å². The minimum absolute atomic E-state index is 0.152. The van der Waals surface area contributed by atoms with E-state index >= 15 is 0 Å². The highest BCUT2D eigenvalue weighted by atomic mass is 79.9. The highest BCUT2D eigenvalue weighted by molar-refractivity contribution is 9.10. The minimum Gasteiger partial charge on any atom is -0.449 e. The van der Waals surface area contributed by atoms with Crippen LogP contribution in [0.1, 0.15) is 44.1 Å². The summed E-state index contributed by atoms with van der Waals surface area (Å²) in [6.45, 7) is 4.17. The van der Waals surface area contributed by atoms with Crippen LogP contribution in [0.15, 0.2) is 22.7 Å². The van der Waals surface area contributed by atoms with E-state index in [1.165, 1.54) is 15.7 Å². The number of benzene rings is 1. The summed E-state index contributed by atoms with van der Waals surface area (Å²) < 4.78 is 6.52. The molecule has 2 aliphatic rings. The number of fused-ring (bicyclic) bond motifs is 3. The normalized spacial score (nSPS) is 23.3. The van der Waals surface area contributed by atoms with Crippen molar-refractivity contribution in [3.8, 4) is 0 Å². The minimum atomic E-state index is -0.152. The molecule has 2 aliphatic heterocycles. The van der Waals surface area contributed by atoms with Crippen molar-refractivity contribution in [2.45, 2.75) is 44.6 Å². The Balaban J connectivity index is 1.65. The number of amides is 1. The Morgan fingerprint density at radius 3 is 3.05 bits per heavy atom. The number of anilines is 1. The molecule has 1 fully saturated rings. The number of nitrogens with one attached hydrogen (secondary N) is 1. The molecule has 2 unspecified atom stereocenters. The summed E-state index contributed by atoms with van der Waals surface area (Å²) in [4.78, 5) is 14.0. The summed E-state index contributed by atoms with van der Waals surface area (Å²) in [5.41, 5.74) is 2.61. The number of halogens is 1. The fourth-order valence-corrected chi connectivity index (χ4v) is 4.10. The van der Waals surface area contributed by atoms with Crippen molar-refractivity contribution < 1.29 is 9.53 Å². The fraction of sp³-hybridized carbons (Fsp3) is 0.588. The first-order valence-corrected chi connectivity index (χ1v) is 8.96. The highest BCUT2D eigenvalue weighted by Gasteiger charge is 2.36. The van der Waals surface area contributed by atoms with Crippen LogP contribution in [0.2, 0.25) is 0 Å². The van der Waals surface area contributed by atoms with E-state index in [9.17, 15) is 4.79 Å². The van der Waals surface area contributed by atoms with E-state index in [0.717, 1.165) is 38.8 Å². The Kier molecular flexibility index (Phi) is 4.91. The van der Waals surface area contributed by atoms with E-state index in [-0.39, 0.29) is 6.09 Å². The third kappa shape index (κ3) is 3.09. The van der Waals surface area contributed by atoms with Gasteiger partial charge in [0.2, 0.25) is 0 Å². The molecule has 22 heavy (non-hydrogen) atoms. The third-order valence-corrected chi connectivity index (χ3v) is 5.34. The van der Waals surface area contributed by atoms with Crippen LogP contribution < -0.4 is 5.32 Å². The van der Waals surface area contributed by atoms with Crippen LogP contribution in [0.25, 0.3) is 0 Å². The van der Waals surface area contributed by atoms with Crippen molar-refractivity contribution in [2.75, 3.05) is 25.0 Å². The molecule has 3 rings (SSSR count). The Morgan fingerprint density at radius 2 is 2.23 bits per heavy atom. The number of ether oxygens (including phenoxy) is 1. The van der Waals surface area contributed by atoms with Gasteiger partial charge in [0.25, 0.3) is 0 Å². The maximum atomic E-state index is 12.1. The molecular formula is C17H23BrN2O2. The van der Waals surface area contributed by atoms with Crippen LogP contribution in [0.3, 0.4) is 0 Å². The van der Waals surface area contributed by atoms with Gasteiger partial charge in [-0.3, -0.25) is 0 Å². The second kappa shape index (κ2) is 6.90. The van der Waals surface area contributed by atoms with Crippen LogP contribution in [0.4, 0.5) is 10.5 Å². The topological polar surface area (TPSA) is 41.6 Å². The number of carbonyl (C=O) groups is 1. The standard InChI is InChI=1S/C17H23BrN2O2/c1-2-3-11-22-17(21)20-9-7-12-14(8-10-20)19-15-6-4-5-13(18)16(12)15/h4-6,12,14,19H,2-3,7-11H2,1H3. The van der Waals surface area contributed by atoms with E-state index in [1.807, 2.05) is 4.90 Å². The van der Waals surface area contributed by atoms with Crippen LogP contribution in [0.5, 0.6) is 0 Å². The van der Waals surface area contributed by atoms with Crippen LogP contribution in [-0.4, -0.2) is 36.7 Å². The molecule has 0 spiro atoms. The molecule has 0 radical (unpaired) electrons. The number of likely N-dealkylation sites (tertiary alicyclic amines) is 1. The monoisotopic (exact) mass is 366 g/mol. The van der Waals surface area contributed by atoms with Gasteiger partial charge in [0, 0.05) is 35.2 Å². The molecule has 0 aromatic heterocycles. The number of hydrogen-bond acceptors (Lipinski definition) is 3. The quantitative estimate of drug-likeness (QED) is 0.808. The van der Waals surface area contributed by atoms with Gasteiger partial charge in [-0.15, -0.1) is 0 Å². The largest absolute Gasteiger partial charge is 0.449 e. The first-order valence-electron chi connectivity index (χ1n) is 8.17. The van der Waals surface area contributed by atoms with Crippen molar-refractivity contribution >= 4 is 27.7 Å². The van der Waals surface area contributed by atoms with Gasteiger partial charge < -0.3 is 15.0 Å². The molecule has 4 nitrogen and oxygen atoms in total. The summed E-state index contributed by atoms with van der Waals surface area (Å²) >= 11 is 3.68. The lowest BCUT2D eigenvalue weighted by Gasteiger charge is -2.20. The molecule has 5 heteroatoms. The van der Waals surface area contributed by atoms with E-state index in [2.05, 4.69) is 46.4 Å². The predicted molar refractivity (Wildman–Crippen MR) is 91.4 cm³/mol. The zero-order valence-electron chi connectivity index (χ0n) is 13.0. The molecule has 1 N–H and O–H groups in total. The van der Waals surface area contributed by atoms with Crippen molar-refractivity contribution in [3.05, 3.63) is 28.2 Å². The molecule has 0 aliphatic carbocycles. The molecule has 1 aromatic carbocycles. The van der Waals surface area contributed by atoms with Gasteiger partial charge in [-0.2, -0.15) is 0 Å². The Bertz CT molecular complexity index is 549. The Hall–Kier alpha value is -1.23. The van der Waals surface area contributed by atoms with Gasteiger partial charge in [0.1, 0.15) is 0 Å². The third-order valence-electron chi connectivity index (χ3n) is 4.65. The number of rotatable bonds is 3. The molecular weight excluding hydrogens is 344 g/mol. The fourth-order valence-electron chi connectivity index (χ4n) is 3.44. The summed E-state index contributed by atoms with van der Waals surface area (Å²) in [6, 6.07) is 6.73. The second-order valence-electron chi connectivity index (χ2n) is 6.09. The molecule has 1 aromatic rings. The number of unbranched alkanes of at least 4 members (excludes halogenated alkanes) is 1. The maximum absolute atomic E-state index is 12.1. The SMILES string of the molecule is CCCCOC(=O)N1CCC2Nc3cccc(Br)c3C2CC1. The first kappa shape index (κ1) is 15.7. The lowest BCUT2D eigenvalue weighted by Crippen LogP contribution is -2.33. The van der Waals surface area contributed by atoms with Crippen molar-refractivity contribution in [2.24, 2.45) is 0 Å². The van der Waals surface area contributed by atoms with Gasteiger partial charge in [-0.05, 0) is 37.0 Å².